The Balaban J connectivity index is 5.16. The highest BCUT2D eigenvalue weighted by Crippen LogP contribution is 2.34. The summed E-state index contributed by atoms with van der Waals surface area (Å²) in [6.45, 7) is 4.97. The summed E-state index contributed by atoms with van der Waals surface area (Å²) in [5.74, 6) is 0. The van der Waals surface area contributed by atoms with Crippen molar-refractivity contribution < 1.29 is 17.2 Å². The van der Waals surface area contributed by atoms with Crippen molar-refractivity contribution in [2.75, 3.05) is 0 Å². The molecule has 74 valence electrons. The zero-order valence-corrected chi connectivity index (χ0v) is 8.50. The normalized spacial score (nSPS) is 14.8. The highest BCUT2D eigenvalue weighted by molar-refractivity contribution is 7.93. The molecule has 12 heavy (non-hydrogen) atoms. The molecule has 0 N–H and O–H groups in total. The number of alkyl halides is 2. The molecular formula is C7H14F2O2S. The second-order valence-corrected chi connectivity index (χ2v) is 6.44. The van der Waals surface area contributed by atoms with Gasteiger partial charge in [-0.2, -0.15) is 8.78 Å². The van der Waals surface area contributed by atoms with Crippen molar-refractivity contribution in [1.82, 2.24) is 0 Å². The molecule has 0 amide bonds. The van der Waals surface area contributed by atoms with Crippen molar-refractivity contribution in [2.24, 2.45) is 0 Å². The van der Waals surface area contributed by atoms with Gasteiger partial charge >= 0.3 is 5.25 Å². The molecule has 0 fully saturated rings. The van der Waals surface area contributed by atoms with Gasteiger partial charge in [0.25, 0.3) is 0 Å². The predicted molar refractivity (Wildman–Crippen MR) is 43.9 cm³/mol. The first-order chi connectivity index (χ1) is 5.06. The Labute approximate surface area is 71.9 Å². The quantitative estimate of drug-likeness (QED) is 0.684. The Bertz CT molecular complexity index is 249. The summed E-state index contributed by atoms with van der Waals surface area (Å²) in [5.41, 5.74) is 0. The number of sulfone groups is 1. The van der Waals surface area contributed by atoms with Gasteiger partial charge in [0.05, 0.1) is 4.75 Å². The summed E-state index contributed by atoms with van der Waals surface area (Å²) in [7, 11) is -4.36. The molecule has 0 heterocycles. The molecule has 0 aliphatic carbocycles. The van der Waals surface area contributed by atoms with Gasteiger partial charge in [0.15, 0.2) is 0 Å². The van der Waals surface area contributed by atoms with Crippen molar-refractivity contribution in [2.45, 2.75) is 44.1 Å². The first-order valence-electron chi connectivity index (χ1n) is 3.68. The van der Waals surface area contributed by atoms with E-state index in [0.717, 1.165) is 6.92 Å². The molecule has 0 bridgehead atoms. The lowest BCUT2D eigenvalue weighted by atomic mass is 10.3. The molecule has 0 saturated heterocycles. The lowest BCUT2D eigenvalue weighted by Crippen LogP contribution is -2.41. The van der Waals surface area contributed by atoms with E-state index in [-0.39, 0.29) is 0 Å². The SMILES string of the molecule is CCC(F)(F)S(=O)(=O)C(C)(C)C. The van der Waals surface area contributed by atoms with Gasteiger partial charge in [0.2, 0.25) is 9.84 Å². The largest absolute Gasteiger partial charge is 0.345 e. The summed E-state index contributed by atoms with van der Waals surface area (Å²) in [4.78, 5) is 0. The van der Waals surface area contributed by atoms with Crippen LogP contribution in [0.15, 0.2) is 0 Å². The fraction of sp³-hybridized carbons (Fsp3) is 1.00. The van der Waals surface area contributed by atoms with Crippen LogP contribution in [0.25, 0.3) is 0 Å². The second-order valence-electron chi connectivity index (χ2n) is 3.61. The van der Waals surface area contributed by atoms with Crippen molar-refractivity contribution in [3.8, 4) is 0 Å². The van der Waals surface area contributed by atoms with Crippen LogP contribution in [0.4, 0.5) is 8.78 Å². The third-order valence-electron chi connectivity index (χ3n) is 1.61. The van der Waals surface area contributed by atoms with E-state index in [0.29, 0.717) is 0 Å². The van der Waals surface area contributed by atoms with E-state index >= 15 is 0 Å². The molecule has 2 nitrogen and oxygen atoms in total. The molecule has 0 aromatic heterocycles. The van der Waals surface area contributed by atoms with Gasteiger partial charge in [-0.15, -0.1) is 0 Å². The molecular weight excluding hydrogens is 186 g/mol. The number of hydrogen-bond acceptors (Lipinski definition) is 2. The van der Waals surface area contributed by atoms with E-state index in [4.69, 9.17) is 0 Å². The highest BCUT2D eigenvalue weighted by Gasteiger charge is 2.50. The number of hydrogen-bond donors (Lipinski definition) is 0. The Hall–Kier alpha value is -0.190. The fourth-order valence-electron chi connectivity index (χ4n) is 0.638. The van der Waals surface area contributed by atoms with Gasteiger partial charge in [-0.3, -0.25) is 0 Å². The van der Waals surface area contributed by atoms with E-state index < -0.39 is 26.3 Å². The predicted octanol–water partition coefficient (Wildman–Crippen LogP) is 2.20. The van der Waals surface area contributed by atoms with Gasteiger partial charge < -0.3 is 0 Å². The van der Waals surface area contributed by atoms with E-state index in [1.54, 1.807) is 0 Å². The number of halogens is 2. The van der Waals surface area contributed by atoms with Crippen LogP contribution in [0.3, 0.4) is 0 Å². The maximum Gasteiger partial charge on any atom is 0.345 e. The Kier molecular flexibility index (Phi) is 2.89. The summed E-state index contributed by atoms with van der Waals surface area (Å²) in [5, 5.41) is -3.61. The van der Waals surface area contributed by atoms with Crippen LogP contribution in [0, 0.1) is 0 Å². The molecule has 0 aromatic carbocycles. The summed E-state index contributed by atoms with van der Waals surface area (Å²) in [6, 6.07) is 0. The molecule has 0 spiro atoms. The Morgan fingerprint density at radius 1 is 1.17 bits per heavy atom. The van der Waals surface area contributed by atoms with Crippen molar-refractivity contribution >= 4 is 9.84 Å². The standard InChI is InChI=1S/C7H14F2O2S/c1-5-7(8,9)12(10,11)6(2,3)4/h5H2,1-4H3. The minimum absolute atomic E-state index is 0.674. The van der Waals surface area contributed by atoms with Crippen LogP contribution < -0.4 is 0 Å². The highest BCUT2D eigenvalue weighted by atomic mass is 32.2. The first-order valence-corrected chi connectivity index (χ1v) is 5.16. The third kappa shape index (κ3) is 1.76. The average molecular weight is 200 g/mol. The van der Waals surface area contributed by atoms with Gasteiger partial charge in [0, 0.05) is 6.42 Å². The lowest BCUT2D eigenvalue weighted by molar-refractivity contribution is 0.0851. The molecule has 0 aliphatic heterocycles. The van der Waals surface area contributed by atoms with Crippen molar-refractivity contribution in [1.29, 1.82) is 0 Å². The summed E-state index contributed by atoms with van der Waals surface area (Å²) >= 11 is 0. The fourth-order valence-corrected chi connectivity index (χ4v) is 1.91. The number of rotatable bonds is 2. The van der Waals surface area contributed by atoms with Crippen molar-refractivity contribution in [3.05, 3.63) is 0 Å². The van der Waals surface area contributed by atoms with Crippen LogP contribution in [0.2, 0.25) is 0 Å². The molecule has 0 aromatic rings. The molecule has 0 rings (SSSR count). The molecule has 0 unspecified atom stereocenters. The second kappa shape index (κ2) is 2.94. The summed E-state index contributed by atoms with van der Waals surface area (Å²) in [6.07, 6.45) is -0.674. The molecule has 5 heteroatoms. The molecule has 0 atom stereocenters. The van der Waals surface area contributed by atoms with Crippen LogP contribution in [0.5, 0.6) is 0 Å². The first kappa shape index (κ1) is 11.8. The minimum atomic E-state index is -4.36. The van der Waals surface area contributed by atoms with Gasteiger partial charge in [-0.25, -0.2) is 8.42 Å². The molecule has 0 saturated carbocycles. The molecule has 0 aliphatic rings. The van der Waals surface area contributed by atoms with Gasteiger partial charge in [-0.05, 0) is 20.8 Å². The van der Waals surface area contributed by atoms with E-state index in [9.17, 15) is 17.2 Å². The third-order valence-corrected chi connectivity index (χ3v) is 4.30. The maximum atomic E-state index is 12.8. The Morgan fingerprint density at radius 2 is 1.50 bits per heavy atom. The average Bonchev–Trinajstić information content (AvgIpc) is 1.85. The Morgan fingerprint density at radius 3 is 1.58 bits per heavy atom. The molecule has 0 radical (unpaired) electrons. The monoisotopic (exact) mass is 200 g/mol. The van der Waals surface area contributed by atoms with Crippen LogP contribution in [-0.2, 0) is 9.84 Å². The van der Waals surface area contributed by atoms with E-state index in [1.807, 2.05) is 0 Å². The maximum absolute atomic E-state index is 12.8. The van der Waals surface area contributed by atoms with E-state index in [2.05, 4.69) is 0 Å². The zero-order valence-electron chi connectivity index (χ0n) is 7.69. The zero-order chi connectivity index (χ0) is 10.2. The minimum Gasteiger partial charge on any atom is -0.222 e. The van der Waals surface area contributed by atoms with Crippen molar-refractivity contribution in [3.63, 3.8) is 0 Å². The summed E-state index contributed by atoms with van der Waals surface area (Å²) < 4.78 is 46.6. The van der Waals surface area contributed by atoms with Gasteiger partial charge in [0.1, 0.15) is 0 Å². The van der Waals surface area contributed by atoms with Gasteiger partial charge in [-0.1, -0.05) is 6.92 Å². The van der Waals surface area contributed by atoms with E-state index in [1.165, 1.54) is 20.8 Å². The topological polar surface area (TPSA) is 34.1 Å². The van der Waals surface area contributed by atoms with Crippen LogP contribution in [0.1, 0.15) is 34.1 Å². The van der Waals surface area contributed by atoms with Crippen LogP contribution >= 0.6 is 0 Å². The smallest absolute Gasteiger partial charge is 0.222 e. The lowest BCUT2D eigenvalue weighted by Gasteiger charge is -2.25. The van der Waals surface area contributed by atoms with Crippen LogP contribution in [-0.4, -0.2) is 18.4 Å².